The number of rotatable bonds is 6. The standard InChI is InChI=1S/C9H16F3NO2/c10-9(11,12)15-6-4-13-3-1-8-2-5-14-7-8/h8,13H,1-7H2. The van der Waals surface area contributed by atoms with Crippen molar-refractivity contribution in [3.05, 3.63) is 0 Å². The summed E-state index contributed by atoms with van der Waals surface area (Å²) in [4.78, 5) is 0. The smallest absolute Gasteiger partial charge is 0.381 e. The lowest BCUT2D eigenvalue weighted by Gasteiger charge is -2.10. The van der Waals surface area contributed by atoms with E-state index in [-0.39, 0.29) is 13.2 Å². The van der Waals surface area contributed by atoms with E-state index in [9.17, 15) is 13.2 Å². The molecule has 1 unspecified atom stereocenters. The van der Waals surface area contributed by atoms with Gasteiger partial charge in [0.05, 0.1) is 6.61 Å². The summed E-state index contributed by atoms with van der Waals surface area (Å²) in [5.74, 6) is 0.557. The molecule has 0 aromatic carbocycles. The highest BCUT2D eigenvalue weighted by Gasteiger charge is 2.28. The summed E-state index contributed by atoms with van der Waals surface area (Å²) in [6.07, 6.45) is -2.51. The summed E-state index contributed by atoms with van der Waals surface area (Å²) in [7, 11) is 0. The third kappa shape index (κ3) is 6.70. The van der Waals surface area contributed by atoms with Crippen LogP contribution in [0, 0.1) is 5.92 Å². The maximum atomic E-state index is 11.5. The quantitative estimate of drug-likeness (QED) is 0.698. The minimum Gasteiger partial charge on any atom is -0.381 e. The van der Waals surface area contributed by atoms with Crippen molar-refractivity contribution in [2.45, 2.75) is 19.2 Å². The van der Waals surface area contributed by atoms with Crippen molar-refractivity contribution >= 4 is 0 Å². The van der Waals surface area contributed by atoms with Gasteiger partial charge in [-0.15, -0.1) is 13.2 Å². The van der Waals surface area contributed by atoms with Crippen molar-refractivity contribution in [2.24, 2.45) is 5.92 Å². The Hall–Kier alpha value is -0.330. The molecule has 1 saturated heterocycles. The molecule has 1 atom stereocenters. The van der Waals surface area contributed by atoms with Crippen molar-refractivity contribution in [3.63, 3.8) is 0 Å². The molecule has 3 nitrogen and oxygen atoms in total. The van der Waals surface area contributed by atoms with Crippen molar-refractivity contribution in [2.75, 3.05) is 32.9 Å². The Kier molecular flexibility index (Phi) is 5.35. The van der Waals surface area contributed by atoms with Gasteiger partial charge >= 0.3 is 6.36 Å². The summed E-state index contributed by atoms with van der Waals surface area (Å²) < 4.78 is 43.4. The van der Waals surface area contributed by atoms with Gasteiger partial charge in [-0.1, -0.05) is 0 Å². The zero-order valence-electron chi connectivity index (χ0n) is 8.48. The first-order valence-corrected chi connectivity index (χ1v) is 5.07. The number of halogens is 3. The predicted molar refractivity (Wildman–Crippen MR) is 48.4 cm³/mol. The number of alkyl halides is 3. The van der Waals surface area contributed by atoms with Gasteiger partial charge in [0.15, 0.2) is 0 Å². The van der Waals surface area contributed by atoms with Gasteiger partial charge in [0.1, 0.15) is 0 Å². The maximum absolute atomic E-state index is 11.5. The first-order chi connectivity index (χ1) is 7.08. The molecule has 90 valence electrons. The fourth-order valence-electron chi connectivity index (χ4n) is 1.48. The minimum absolute atomic E-state index is 0.229. The number of ether oxygens (including phenoxy) is 2. The summed E-state index contributed by atoms with van der Waals surface area (Å²) in [5, 5.41) is 2.90. The molecule has 0 spiro atoms. The molecule has 0 aliphatic carbocycles. The second-order valence-electron chi connectivity index (χ2n) is 3.56. The van der Waals surface area contributed by atoms with Crippen LogP contribution in [-0.4, -0.2) is 39.3 Å². The summed E-state index contributed by atoms with van der Waals surface area (Å²) in [5.41, 5.74) is 0. The van der Waals surface area contributed by atoms with Crippen LogP contribution in [-0.2, 0) is 9.47 Å². The highest BCUT2D eigenvalue weighted by atomic mass is 19.4. The molecule has 1 heterocycles. The summed E-state index contributed by atoms with van der Waals surface area (Å²) in [6, 6.07) is 0. The van der Waals surface area contributed by atoms with E-state index >= 15 is 0 Å². The first-order valence-electron chi connectivity index (χ1n) is 5.07. The number of hydrogen-bond donors (Lipinski definition) is 1. The van der Waals surface area contributed by atoms with E-state index in [2.05, 4.69) is 10.1 Å². The second kappa shape index (κ2) is 6.30. The van der Waals surface area contributed by atoms with E-state index in [0.29, 0.717) is 5.92 Å². The average molecular weight is 227 g/mol. The third-order valence-electron chi connectivity index (χ3n) is 2.30. The Bertz CT molecular complexity index is 169. The molecule has 0 aromatic heterocycles. The molecule has 0 bridgehead atoms. The largest absolute Gasteiger partial charge is 0.522 e. The van der Waals surface area contributed by atoms with Gasteiger partial charge in [0.25, 0.3) is 0 Å². The molecular formula is C9H16F3NO2. The lowest BCUT2D eigenvalue weighted by molar-refractivity contribution is -0.323. The molecule has 0 aromatic rings. The van der Waals surface area contributed by atoms with Crippen molar-refractivity contribution in [1.29, 1.82) is 0 Å². The van der Waals surface area contributed by atoms with E-state index < -0.39 is 6.36 Å². The van der Waals surface area contributed by atoms with Crippen LogP contribution < -0.4 is 5.32 Å². The fourth-order valence-corrected chi connectivity index (χ4v) is 1.48. The molecule has 1 aliphatic heterocycles. The van der Waals surface area contributed by atoms with Gasteiger partial charge in [0, 0.05) is 19.8 Å². The molecule has 0 saturated carbocycles. The Balaban J connectivity index is 1.84. The second-order valence-corrected chi connectivity index (χ2v) is 3.56. The Morgan fingerprint density at radius 3 is 2.73 bits per heavy atom. The van der Waals surface area contributed by atoms with Gasteiger partial charge in [-0.2, -0.15) is 0 Å². The SMILES string of the molecule is FC(F)(F)OCCNCCC1CCOC1. The van der Waals surface area contributed by atoms with E-state index in [1.54, 1.807) is 0 Å². The lowest BCUT2D eigenvalue weighted by atomic mass is 10.1. The van der Waals surface area contributed by atoms with E-state index in [1.165, 1.54) is 0 Å². The van der Waals surface area contributed by atoms with Crippen LogP contribution in [0.4, 0.5) is 13.2 Å². The maximum Gasteiger partial charge on any atom is 0.522 e. The van der Waals surface area contributed by atoms with Gasteiger partial charge < -0.3 is 10.1 Å². The highest BCUT2D eigenvalue weighted by molar-refractivity contribution is 4.65. The Morgan fingerprint density at radius 2 is 2.13 bits per heavy atom. The van der Waals surface area contributed by atoms with E-state index in [0.717, 1.165) is 32.6 Å². The zero-order chi connectivity index (χ0) is 11.1. The van der Waals surface area contributed by atoms with Crippen molar-refractivity contribution < 1.29 is 22.6 Å². The number of hydrogen-bond acceptors (Lipinski definition) is 3. The fraction of sp³-hybridized carbons (Fsp3) is 1.00. The van der Waals surface area contributed by atoms with Crippen LogP contribution in [0.25, 0.3) is 0 Å². The molecule has 1 aliphatic rings. The zero-order valence-corrected chi connectivity index (χ0v) is 8.48. The molecule has 15 heavy (non-hydrogen) atoms. The molecule has 1 fully saturated rings. The molecule has 1 N–H and O–H groups in total. The highest BCUT2D eigenvalue weighted by Crippen LogP contribution is 2.16. The van der Waals surface area contributed by atoms with Crippen LogP contribution in [0.5, 0.6) is 0 Å². The third-order valence-corrected chi connectivity index (χ3v) is 2.30. The Morgan fingerprint density at radius 1 is 1.33 bits per heavy atom. The van der Waals surface area contributed by atoms with E-state index in [1.807, 2.05) is 0 Å². The number of nitrogens with one attached hydrogen (secondary N) is 1. The van der Waals surface area contributed by atoms with Crippen LogP contribution in [0.15, 0.2) is 0 Å². The van der Waals surface area contributed by atoms with Crippen LogP contribution >= 0.6 is 0 Å². The normalized spacial score (nSPS) is 22.2. The molecule has 0 amide bonds. The minimum atomic E-state index is -4.51. The van der Waals surface area contributed by atoms with Crippen LogP contribution in [0.3, 0.4) is 0 Å². The van der Waals surface area contributed by atoms with Gasteiger partial charge in [-0.05, 0) is 25.3 Å². The van der Waals surface area contributed by atoms with Crippen molar-refractivity contribution in [1.82, 2.24) is 5.32 Å². The van der Waals surface area contributed by atoms with Gasteiger partial charge in [-0.25, -0.2) is 0 Å². The van der Waals surface area contributed by atoms with Crippen molar-refractivity contribution in [3.8, 4) is 0 Å². The van der Waals surface area contributed by atoms with Crippen LogP contribution in [0.1, 0.15) is 12.8 Å². The first kappa shape index (κ1) is 12.7. The monoisotopic (exact) mass is 227 g/mol. The topological polar surface area (TPSA) is 30.5 Å². The molecule has 1 rings (SSSR count). The molecule has 6 heteroatoms. The molecule has 0 radical (unpaired) electrons. The Labute approximate surface area is 86.9 Å². The lowest BCUT2D eigenvalue weighted by Crippen LogP contribution is -2.26. The van der Waals surface area contributed by atoms with Gasteiger partial charge in [-0.3, -0.25) is 4.74 Å². The molecular weight excluding hydrogens is 211 g/mol. The summed E-state index contributed by atoms with van der Waals surface area (Å²) >= 11 is 0. The average Bonchev–Trinajstić information content (AvgIpc) is 2.61. The van der Waals surface area contributed by atoms with E-state index in [4.69, 9.17) is 4.74 Å². The van der Waals surface area contributed by atoms with Gasteiger partial charge in [0.2, 0.25) is 0 Å². The summed E-state index contributed by atoms with van der Waals surface area (Å²) in [6.45, 7) is 2.20. The van der Waals surface area contributed by atoms with Crippen LogP contribution in [0.2, 0.25) is 0 Å². The predicted octanol–water partition coefficient (Wildman–Crippen LogP) is 1.54.